The summed E-state index contributed by atoms with van der Waals surface area (Å²) in [4.78, 5) is 22.3. The van der Waals surface area contributed by atoms with E-state index < -0.39 is 5.97 Å². The van der Waals surface area contributed by atoms with Crippen molar-refractivity contribution < 1.29 is 9.90 Å². The van der Waals surface area contributed by atoms with Gasteiger partial charge in [0.15, 0.2) is 4.73 Å². The Morgan fingerprint density at radius 3 is 2.79 bits per heavy atom. The highest BCUT2D eigenvalue weighted by molar-refractivity contribution is 9.10. The number of halogens is 1. The molecule has 0 atom stereocenters. The third kappa shape index (κ3) is 1.56. The number of hydrogen-bond acceptors (Lipinski definition) is 4. The molecule has 14 heavy (non-hydrogen) atoms. The molecule has 0 aromatic carbocycles. The summed E-state index contributed by atoms with van der Waals surface area (Å²) >= 11 is 3.10. The van der Waals surface area contributed by atoms with E-state index in [9.17, 15) is 4.79 Å². The van der Waals surface area contributed by atoms with Gasteiger partial charge in [0.2, 0.25) is 0 Å². The first-order valence-corrected chi connectivity index (χ1v) is 4.48. The second kappa shape index (κ2) is 3.30. The van der Waals surface area contributed by atoms with Crippen LogP contribution in [0.15, 0.2) is 23.2 Å². The number of carboxylic acids is 1. The van der Waals surface area contributed by atoms with Gasteiger partial charge in [-0.05, 0) is 22.0 Å². The summed E-state index contributed by atoms with van der Waals surface area (Å²) in [5, 5.41) is 9.40. The predicted molar refractivity (Wildman–Crippen MR) is 52.0 cm³/mol. The van der Waals surface area contributed by atoms with Crippen LogP contribution in [-0.4, -0.2) is 26.0 Å². The molecule has 0 spiro atoms. The van der Waals surface area contributed by atoms with Crippen LogP contribution in [0.25, 0.3) is 10.9 Å². The molecule has 6 heteroatoms. The smallest absolute Gasteiger partial charge is 0.354 e. The minimum Gasteiger partial charge on any atom is -0.477 e. The lowest BCUT2D eigenvalue weighted by molar-refractivity contribution is 0.0690. The summed E-state index contributed by atoms with van der Waals surface area (Å²) < 4.78 is 0.424. The van der Waals surface area contributed by atoms with E-state index in [1.807, 2.05) is 0 Å². The minimum absolute atomic E-state index is 0.0249. The molecule has 0 unspecified atom stereocenters. The van der Waals surface area contributed by atoms with Gasteiger partial charge in [0, 0.05) is 17.8 Å². The van der Waals surface area contributed by atoms with Crippen molar-refractivity contribution in [2.45, 2.75) is 0 Å². The van der Waals surface area contributed by atoms with Gasteiger partial charge in [0.25, 0.3) is 0 Å². The first-order valence-electron chi connectivity index (χ1n) is 3.68. The highest BCUT2D eigenvalue weighted by Gasteiger charge is 2.06. The third-order valence-electron chi connectivity index (χ3n) is 1.65. The Bertz CT molecular complexity index is 515. The van der Waals surface area contributed by atoms with Gasteiger partial charge in [-0.2, -0.15) is 0 Å². The van der Waals surface area contributed by atoms with Gasteiger partial charge in [-0.25, -0.2) is 19.7 Å². The molecule has 0 radical (unpaired) electrons. The number of fused-ring (bicyclic) bond motifs is 1. The van der Waals surface area contributed by atoms with Crippen LogP contribution in [-0.2, 0) is 0 Å². The average molecular weight is 254 g/mol. The second-order valence-electron chi connectivity index (χ2n) is 2.57. The SMILES string of the molecule is O=C(O)c1cc2nc(Br)ncc2cn1. The van der Waals surface area contributed by atoms with Crippen molar-refractivity contribution in [3.05, 3.63) is 28.9 Å². The molecule has 0 amide bonds. The van der Waals surface area contributed by atoms with Crippen molar-refractivity contribution in [3.8, 4) is 0 Å². The molecule has 2 heterocycles. The normalized spacial score (nSPS) is 10.4. The van der Waals surface area contributed by atoms with E-state index in [0.717, 1.165) is 0 Å². The van der Waals surface area contributed by atoms with E-state index in [1.54, 1.807) is 6.20 Å². The summed E-state index contributed by atoms with van der Waals surface area (Å²) in [5.41, 5.74) is 0.530. The lowest BCUT2D eigenvalue weighted by Crippen LogP contribution is -2.00. The molecule has 70 valence electrons. The number of nitrogens with zero attached hydrogens (tertiary/aromatic N) is 3. The van der Waals surface area contributed by atoms with Crippen LogP contribution in [0.2, 0.25) is 0 Å². The van der Waals surface area contributed by atoms with Crippen LogP contribution in [0.5, 0.6) is 0 Å². The highest BCUT2D eigenvalue weighted by Crippen LogP contribution is 2.13. The number of pyridine rings is 1. The Kier molecular flexibility index (Phi) is 2.12. The van der Waals surface area contributed by atoms with Gasteiger partial charge in [-0.3, -0.25) is 0 Å². The zero-order valence-electron chi connectivity index (χ0n) is 6.81. The molecule has 2 aromatic heterocycles. The summed E-state index contributed by atoms with van der Waals surface area (Å²) in [6.45, 7) is 0. The van der Waals surface area contributed by atoms with E-state index in [2.05, 4.69) is 30.9 Å². The standard InChI is InChI=1S/C8H4BrN3O2/c9-8-11-3-4-2-10-6(7(13)14)1-5(4)12-8/h1-3H,(H,13,14). The second-order valence-corrected chi connectivity index (χ2v) is 3.28. The van der Waals surface area contributed by atoms with Gasteiger partial charge < -0.3 is 5.11 Å². The fraction of sp³-hybridized carbons (Fsp3) is 0. The van der Waals surface area contributed by atoms with Crippen molar-refractivity contribution in [1.29, 1.82) is 0 Å². The number of aromatic nitrogens is 3. The van der Waals surface area contributed by atoms with Crippen molar-refractivity contribution in [2.24, 2.45) is 0 Å². The van der Waals surface area contributed by atoms with Gasteiger partial charge >= 0.3 is 5.97 Å². The number of carboxylic acid groups (broad SMARTS) is 1. The fourth-order valence-corrected chi connectivity index (χ4v) is 1.31. The highest BCUT2D eigenvalue weighted by atomic mass is 79.9. The molecule has 0 aliphatic rings. The van der Waals surface area contributed by atoms with E-state index in [1.165, 1.54) is 12.3 Å². The monoisotopic (exact) mass is 253 g/mol. The van der Waals surface area contributed by atoms with Crippen LogP contribution < -0.4 is 0 Å². The lowest BCUT2D eigenvalue weighted by Gasteiger charge is -1.97. The van der Waals surface area contributed by atoms with Gasteiger partial charge in [-0.15, -0.1) is 0 Å². The van der Waals surface area contributed by atoms with Crippen molar-refractivity contribution in [2.75, 3.05) is 0 Å². The van der Waals surface area contributed by atoms with Crippen molar-refractivity contribution >= 4 is 32.8 Å². The molecule has 0 bridgehead atoms. The molecule has 5 nitrogen and oxygen atoms in total. The number of aromatic carboxylic acids is 1. The van der Waals surface area contributed by atoms with Gasteiger partial charge in [0.1, 0.15) is 5.69 Å². The zero-order valence-corrected chi connectivity index (χ0v) is 8.39. The topological polar surface area (TPSA) is 76.0 Å². The molecule has 0 aliphatic heterocycles. The molecule has 2 aromatic rings. The molecule has 2 rings (SSSR count). The summed E-state index contributed by atoms with van der Waals surface area (Å²) in [5.74, 6) is -1.07. The Morgan fingerprint density at radius 2 is 2.07 bits per heavy atom. The fourth-order valence-electron chi connectivity index (χ4n) is 1.02. The van der Waals surface area contributed by atoms with Crippen LogP contribution in [0.4, 0.5) is 0 Å². The van der Waals surface area contributed by atoms with Crippen LogP contribution in [0, 0.1) is 0 Å². The van der Waals surface area contributed by atoms with Crippen LogP contribution >= 0.6 is 15.9 Å². The van der Waals surface area contributed by atoms with E-state index in [-0.39, 0.29) is 5.69 Å². The Labute approximate surface area is 87.0 Å². The van der Waals surface area contributed by atoms with Gasteiger partial charge in [0.05, 0.1) is 5.52 Å². The molecule has 0 fully saturated rings. The molecular formula is C8H4BrN3O2. The maximum atomic E-state index is 10.6. The maximum Gasteiger partial charge on any atom is 0.354 e. The first kappa shape index (κ1) is 9.01. The average Bonchev–Trinajstić information content (AvgIpc) is 2.16. The summed E-state index contributed by atoms with van der Waals surface area (Å²) in [6.07, 6.45) is 3.01. The summed E-state index contributed by atoms with van der Waals surface area (Å²) in [7, 11) is 0. The van der Waals surface area contributed by atoms with Crippen molar-refractivity contribution in [3.63, 3.8) is 0 Å². The van der Waals surface area contributed by atoms with Crippen LogP contribution in [0.3, 0.4) is 0 Å². The molecule has 1 N–H and O–H groups in total. The molecule has 0 saturated carbocycles. The van der Waals surface area contributed by atoms with Gasteiger partial charge in [-0.1, -0.05) is 0 Å². The Hall–Kier alpha value is -1.56. The number of hydrogen-bond donors (Lipinski definition) is 1. The van der Waals surface area contributed by atoms with E-state index in [0.29, 0.717) is 15.6 Å². The first-order chi connectivity index (χ1) is 6.66. The lowest BCUT2D eigenvalue weighted by atomic mass is 10.3. The van der Waals surface area contributed by atoms with E-state index >= 15 is 0 Å². The van der Waals surface area contributed by atoms with Crippen LogP contribution in [0.1, 0.15) is 10.5 Å². The Morgan fingerprint density at radius 1 is 1.36 bits per heavy atom. The Balaban J connectivity index is 2.69. The predicted octanol–water partition coefficient (Wildman–Crippen LogP) is 1.49. The van der Waals surface area contributed by atoms with Crippen molar-refractivity contribution in [1.82, 2.24) is 15.0 Å². The molecule has 0 aliphatic carbocycles. The van der Waals surface area contributed by atoms with E-state index in [4.69, 9.17) is 5.11 Å². The third-order valence-corrected chi connectivity index (χ3v) is 2.04. The largest absolute Gasteiger partial charge is 0.477 e. The number of rotatable bonds is 1. The zero-order chi connectivity index (χ0) is 10.1. The number of carbonyl (C=O) groups is 1. The molecular weight excluding hydrogens is 250 g/mol. The summed E-state index contributed by atoms with van der Waals surface area (Å²) in [6, 6.07) is 1.41. The minimum atomic E-state index is -1.07. The maximum absolute atomic E-state index is 10.6. The molecule has 0 saturated heterocycles. The quantitative estimate of drug-likeness (QED) is 0.780.